The van der Waals surface area contributed by atoms with Crippen molar-refractivity contribution in [3.63, 3.8) is 0 Å². The minimum atomic E-state index is -3.92. The number of sulfonamides is 1. The number of hydrogen-bond donors (Lipinski definition) is 2. The molecular weight excluding hydrogens is 488 g/mol. The first-order valence-corrected chi connectivity index (χ1v) is 14.0. The summed E-state index contributed by atoms with van der Waals surface area (Å²) < 4.78 is 28.5. The van der Waals surface area contributed by atoms with Crippen molar-refractivity contribution in [1.82, 2.24) is 14.3 Å². The number of carbonyl (C=O) groups is 1. The third kappa shape index (κ3) is 8.10. The zero-order valence-electron chi connectivity index (χ0n) is 21.7. The van der Waals surface area contributed by atoms with Crippen LogP contribution in [-0.4, -0.2) is 40.3 Å². The second kappa shape index (κ2) is 12.8. The molecule has 9 heteroatoms. The van der Waals surface area contributed by atoms with Gasteiger partial charge in [0.1, 0.15) is 12.4 Å². The molecule has 0 saturated carbocycles. The van der Waals surface area contributed by atoms with Gasteiger partial charge in [-0.2, -0.15) is 4.31 Å². The van der Waals surface area contributed by atoms with Gasteiger partial charge < -0.3 is 10.4 Å². The molecule has 8 nitrogen and oxygen atoms in total. The molecule has 0 atom stereocenters. The van der Waals surface area contributed by atoms with Crippen molar-refractivity contribution in [2.75, 3.05) is 11.9 Å². The van der Waals surface area contributed by atoms with Crippen LogP contribution in [0, 0.1) is 0 Å². The molecule has 2 N–H and O–H groups in total. The number of carboxylic acids is 1. The van der Waals surface area contributed by atoms with Crippen LogP contribution < -0.4 is 5.32 Å². The van der Waals surface area contributed by atoms with Crippen LogP contribution in [-0.2, 0) is 33.3 Å². The third-order valence-electron chi connectivity index (χ3n) is 6.31. The Hall–Kier alpha value is -3.30. The number of anilines is 1. The van der Waals surface area contributed by atoms with Crippen molar-refractivity contribution in [1.29, 1.82) is 0 Å². The Balaban J connectivity index is 1.86. The summed E-state index contributed by atoms with van der Waals surface area (Å²) in [6.07, 6.45) is 6.12. The number of carboxylic acid groups (broad SMARTS) is 1. The summed E-state index contributed by atoms with van der Waals surface area (Å²) in [5.41, 5.74) is 2.61. The molecular formula is C28H36N4O4S. The maximum atomic E-state index is 13.6. The quantitative estimate of drug-likeness (QED) is 0.278. The van der Waals surface area contributed by atoms with Gasteiger partial charge in [0.05, 0.1) is 12.2 Å². The second-order valence-electron chi connectivity index (χ2n) is 9.74. The van der Waals surface area contributed by atoms with Crippen molar-refractivity contribution >= 4 is 21.8 Å². The molecule has 0 unspecified atom stereocenters. The van der Waals surface area contributed by atoms with E-state index in [0.29, 0.717) is 11.5 Å². The minimum Gasteiger partial charge on any atom is -0.480 e. The number of hydrogen-bond acceptors (Lipinski definition) is 6. The van der Waals surface area contributed by atoms with Gasteiger partial charge in [-0.3, -0.25) is 4.79 Å². The lowest BCUT2D eigenvalue weighted by Gasteiger charge is -2.26. The Labute approximate surface area is 219 Å². The van der Waals surface area contributed by atoms with Gasteiger partial charge in [0.25, 0.3) is 10.0 Å². The van der Waals surface area contributed by atoms with Gasteiger partial charge in [-0.05, 0) is 47.2 Å². The highest BCUT2D eigenvalue weighted by atomic mass is 32.2. The number of rotatable bonds is 14. The monoisotopic (exact) mass is 524 g/mol. The minimum absolute atomic E-state index is 0.00572. The normalized spacial score (nSPS) is 12.0. The van der Waals surface area contributed by atoms with E-state index in [-0.39, 0.29) is 30.1 Å². The van der Waals surface area contributed by atoms with Crippen LogP contribution >= 0.6 is 0 Å². The van der Waals surface area contributed by atoms with Gasteiger partial charge in [-0.25, -0.2) is 18.4 Å². The summed E-state index contributed by atoms with van der Waals surface area (Å²) in [7, 11) is -3.92. The van der Waals surface area contributed by atoms with E-state index < -0.39 is 16.0 Å². The van der Waals surface area contributed by atoms with Crippen molar-refractivity contribution in [3.8, 4) is 0 Å². The summed E-state index contributed by atoms with van der Waals surface area (Å²) in [6.45, 7) is 6.55. The number of nitrogens with zero attached hydrogens (tertiary/aromatic N) is 3. The van der Waals surface area contributed by atoms with E-state index in [1.54, 1.807) is 30.3 Å². The molecule has 0 spiro atoms. The first-order chi connectivity index (χ1) is 17.6. The molecule has 1 aromatic carbocycles. The van der Waals surface area contributed by atoms with Crippen LogP contribution in [0.5, 0.6) is 0 Å². The van der Waals surface area contributed by atoms with Crippen molar-refractivity contribution in [2.45, 2.75) is 70.0 Å². The van der Waals surface area contributed by atoms with E-state index in [4.69, 9.17) is 5.11 Å². The number of aromatic nitrogens is 2. The molecule has 3 aromatic rings. The largest absolute Gasteiger partial charge is 0.480 e. The van der Waals surface area contributed by atoms with Crippen molar-refractivity contribution in [2.24, 2.45) is 0 Å². The predicted molar refractivity (Wildman–Crippen MR) is 145 cm³/mol. The van der Waals surface area contributed by atoms with Crippen LogP contribution in [0.3, 0.4) is 0 Å². The fourth-order valence-corrected chi connectivity index (χ4v) is 5.43. The molecule has 0 radical (unpaired) electrons. The topological polar surface area (TPSA) is 112 Å². The molecule has 0 amide bonds. The average Bonchev–Trinajstić information content (AvgIpc) is 2.88. The molecule has 0 aliphatic heterocycles. The van der Waals surface area contributed by atoms with Crippen LogP contribution in [0.25, 0.3) is 0 Å². The number of benzene rings is 1. The van der Waals surface area contributed by atoms with Gasteiger partial charge in [-0.1, -0.05) is 76.4 Å². The van der Waals surface area contributed by atoms with Crippen molar-refractivity contribution < 1.29 is 18.3 Å². The number of aliphatic carboxylic acids is 1. The Morgan fingerprint density at radius 1 is 1.00 bits per heavy atom. The molecule has 0 bridgehead atoms. The Bertz CT molecular complexity index is 1260. The highest BCUT2D eigenvalue weighted by Gasteiger charge is 2.27. The van der Waals surface area contributed by atoms with E-state index in [1.165, 1.54) is 41.4 Å². The molecule has 0 saturated heterocycles. The number of nitrogens with one attached hydrogen (secondary N) is 1. The second-order valence-corrected chi connectivity index (χ2v) is 11.6. The standard InChI is InChI=1S/C28H36N4O4S/c1-4-5-7-17-28(2,3)23-15-13-22(14-16-23)20-32(37(35,36)26-12-6-8-18-29-26)21-24-10-9-11-25(31-24)30-19-27(33)34/h6,8-16,18H,4-5,7,17,19-21H2,1-3H3,(H,30,31)(H,33,34). The molecule has 0 aliphatic rings. The van der Waals surface area contributed by atoms with Crippen LogP contribution in [0.4, 0.5) is 5.82 Å². The predicted octanol–water partition coefficient (Wildman–Crippen LogP) is 5.22. The van der Waals surface area contributed by atoms with E-state index in [1.807, 2.05) is 12.1 Å². The van der Waals surface area contributed by atoms with Gasteiger partial charge in [0.2, 0.25) is 0 Å². The Kier molecular flexibility index (Phi) is 9.77. The zero-order valence-corrected chi connectivity index (χ0v) is 22.5. The average molecular weight is 525 g/mol. The molecule has 198 valence electrons. The zero-order chi connectivity index (χ0) is 26.9. The van der Waals surface area contributed by atoms with Crippen LogP contribution in [0.2, 0.25) is 0 Å². The number of unbranched alkanes of at least 4 members (excludes halogenated alkanes) is 2. The van der Waals surface area contributed by atoms with E-state index in [2.05, 4.69) is 48.2 Å². The fraction of sp³-hybridized carbons (Fsp3) is 0.393. The summed E-state index contributed by atoms with van der Waals surface area (Å²) >= 11 is 0. The van der Waals surface area contributed by atoms with Gasteiger partial charge in [0.15, 0.2) is 5.03 Å². The molecule has 0 fully saturated rings. The van der Waals surface area contributed by atoms with E-state index in [9.17, 15) is 13.2 Å². The lowest BCUT2D eigenvalue weighted by atomic mass is 9.80. The Morgan fingerprint density at radius 2 is 1.76 bits per heavy atom. The molecule has 2 heterocycles. The van der Waals surface area contributed by atoms with Gasteiger partial charge >= 0.3 is 5.97 Å². The van der Waals surface area contributed by atoms with Crippen LogP contribution in [0.15, 0.2) is 71.9 Å². The summed E-state index contributed by atoms with van der Waals surface area (Å²) in [6, 6.07) is 18.0. The maximum Gasteiger partial charge on any atom is 0.322 e. The Morgan fingerprint density at radius 3 is 2.41 bits per heavy atom. The smallest absolute Gasteiger partial charge is 0.322 e. The van der Waals surface area contributed by atoms with Gasteiger partial charge in [-0.15, -0.1) is 0 Å². The fourth-order valence-electron chi connectivity index (χ4n) is 4.10. The highest BCUT2D eigenvalue weighted by molar-refractivity contribution is 7.89. The molecule has 37 heavy (non-hydrogen) atoms. The molecule has 0 aliphatic carbocycles. The maximum absolute atomic E-state index is 13.6. The van der Waals surface area contributed by atoms with E-state index >= 15 is 0 Å². The lowest BCUT2D eigenvalue weighted by molar-refractivity contribution is -0.134. The van der Waals surface area contributed by atoms with Crippen LogP contribution in [0.1, 0.15) is 63.3 Å². The summed E-state index contributed by atoms with van der Waals surface area (Å²) in [5, 5.41) is 11.6. The SMILES string of the molecule is CCCCCC(C)(C)c1ccc(CN(Cc2cccc(NCC(=O)O)n2)S(=O)(=O)c2ccccn2)cc1. The van der Waals surface area contributed by atoms with Gasteiger partial charge in [0, 0.05) is 12.7 Å². The number of pyridine rings is 2. The van der Waals surface area contributed by atoms with Crippen molar-refractivity contribution in [3.05, 3.63) is 83.7 Å². The lowest BCUT2D eigenvalue weighted by Crippen LogP contribution is -2.31. The van der Waals surface area contributed by atoms with E-state index in [0.717, 1.165) is 12.0 Å². The summed E-state index contributed by atoms with van der Waals surface area (Å²) in [4.78, 5) is 19.4. The summed E-state index contributed by atoms with van der Waals surface area (Å²) in [5.74, 6) is -0.645. The molecule has 2 aromatic heterocycles. The first-order valence-electron chi connectivity index (χ1n) is 12.5. The third-order valence-corrected chi connectivity index (χ3v) is 8.02. The first kappa shape index (κ1) is 28.3. The highest BCUT2D eigenvalue weighted by Crippen LogP contribution is 2.30. The molecule has 3 rings (SSSR count).